The summed E-state index contributed by atoms with van der Waals surface area (Å²) in [5.41, 5.74) is 10.2. The molecule has 1 aliphatic rings. The number of rotatable bonds is 7. The van der Waals surface area contributed by atoms with Gasteiger partial charge in [0.25, 0.3) is 0 Å². The molecule has 1 heterocycles. The van der Waals surface area contributed by atoms with Gasteiger partial charge in [-0.25, -0.2) is 9.18 Å². The van der Waals surface area contributed by atoms with E-state index in [0.29, 0.717) is 25.1 Å². The average Bonchev–Trinajstić information content (AvgIpc) is 3.51. The molecule has 8 heteroatoms. The largest absolute Gasteiger partial charge is 0.465 e. The molecule has 5 N–H and O–H groups in total. The minimum atomic E-state index is -0.937. The summed E-state index contributed by atoms with van der Waals surface area (Å²) < 4.78 is 13.3. The number of aromatic amines is 1. The first-order chi connectivity index (χ1) is 19.5. The van der Waals surface area contributed by atoms with Crippen LogP contribution in [0.5, 0.6) is 0 Å². The highest BCUT2D eigenvalue weighted by molar-refractivity contribution is 6.03. The number of H-pyrrole nitrogens is 1. The Kier molecular flexibility index (Phi) is 7.34. The van der Waals surface area contributed by atoms with E-state index in [-0.39, 0.29) is 17.0 Å². The normalized spacial score (nSPS) is 16.7. The van der Waals surface area contributed by atoms with Gasteiger partial charge in [0.15, 0.2) is 0 Å². The maximum absolute atomic E-state index is 13.3. The highest BCUT2D eigenvalue weighted by Gasteiger charge is 2.53. The SMILES string of the molecule is CC(C)(C)C1(N(CCc2c[nH]c3ccccc23)C(=O)O)CCc2cc(/C=C/C(=O)Nc3ccc(F)cc3N)ccc21. The van der Waals surface area contributed by atoms with Crippen molar-refractivity contribution in [1.29, 1.82) is 0 Å². The van der Waals surface area contributed by atoms with Gasteiger partial charge in [-0.05, 0) is 77.3 Å². The van der Waals surface area contributed by atoms with Crippen molar-refractivity contribution in [3.8, 4) is 0 Å². The van der Waals surface area contributed by atoms with Crippen LogP contribution in [0.15, 0.2) is 72.9 Å². The Morgan fingerprint density at radius 3 is 2.66 bits per heavy atom. The number of fused-ring (bicyclic) bond motifs is 2. The molecule has 1 unspecified atom stereocenters. The van der Waals surface area contributed by atoms with E-state index in [1.807, 2.05) is 42.6 Å². The lowest BCUT2D eigenvalue weighted by Gasteiger charge is -2.49. The van der Waals surface area contributed by atoms with Crippen molar-refractivity contribution < 1.29 is 19.1 Å². The number of nitrogens with two attached hydrogens (primary N) is 1. The molecule has 0 radical (unpaired) electrons. The van der Waals surface area contributed by atoms with Crippen molar-refractivity contribution in [2.75, 3.05) is 17.6 Å². The zero-order valence-electron chi connectivity index (χ0n) is 23.5. The van der Waals surface area contributed by atoms with Gasteiger partial charge in [0, 0.05) is 29.7 Å². The van der Waals surface area contributed by atoms with Gasteiger partial charge in [-0.1, -0.05) is 57.2 Å². The number of carboxylic acid groups (broad SMARTS) is 1. The van der Waals surface area contributed by atoms with E-state index >= 15 is 0 Å². The molecule has 0 spiro atoms. The van der Waals surface area contributed by atoms with Crippen molar-refractivity contribution in [1.82, 2.24) is 9.88 Å². The van der Waals surface area contributed by atoms with Gasteiger partial charge >= 0.3 is 6.09 Å². The van der Waals surface area contributed by atoms with Gasteiger partial charge in [0.05, 0.1) is 16.9 Å². The van der Waals surface area contributed by atoms with Crippen molar-refractivity contribution in [2.24, 2.45) is 5.41 Å². The number of benzene rings is 3. The van der Waals surface area contributed by atoms with Crippen molar-refractivity contribution >= 4 is 40.4 Å². The minimum Gasteiger partial charge on any atom is -0.465 e. The number of nitrogens with zero attached hydrogens (tertiary/aromatic N) is 1. The second-order valence-corrected chi connectivity index (χ2v) is 11.6. The molecule has 1 aliphatic carbocycles. The van der Waals surface area contributed by atoms with Crippen LogP contribution in [-0.4, -0.2) is 33.5 Å². The van der Waals surface area contributed by atoms with Crippen LogP contribution in [0, 0.1) is 11.2 Å². The number of hydrogen-bond acceptors (Lipinski definition) is 3. The highest BCUT2D eigenvalue weighted by Crippen LogP contribution is 2.53. The van der Waals surface area contributed by atoms with E-state index < -0.39 is 17.4 Å². The van der Waals surface area contributed by atoms with Crippen LogP contribution in [0.3, 0.4) is 0 Å². The Morgan fingerprint density at radius 2 is 1.93 bits per heavy atom. The Hall–Kier alpha value is -4.59. The summed E-state index contributed by atoms with van der Waals surface area (Å²) in [7, 11) is 0. The number of aryl methyl sites for hydroxylation is 1. The molecule has 0 fully saturated rings. The molecule has 5 rings (SSSR count). The number of amides is 2. The zero-order chi connectivity index (χ0) is 29.4. The van der Waals surface area contributed by atoms with E-state index in [1.54, 1.807) is 11.0 Å². The maximum Gasteiger partial charge on any atom is 0.408 e. The molecule has 4 aromatic rings. The predicted molar refractivity (Wildman–Crippen MR) is 161 cm³/mol. The molecular formula is C33H35FN4O3. The predicted octanol–water partition coefficient (Wildman–Crippen LogP) is 6.95. The fourth-order valence-electron chi connectivity index (χ4n) is 6.26. The molecule has 1 aromatic heterocycles. The van der Waals surface area contributed by atoms with E-state index in [0.717, 1.165) is 45.6 Å². The van der Waals surface area contributed by atoms with Crippen LogP contribution in [0.4, 0.5) is 20.6 Å². The number of carbonyl (C=O) groups is 2. The van der Waals surface area contributed by atoms with Gasteiger partial charge in [0.2, 0.25) is 5.91 Å². The lowest BCUT2D eigenvalue weighted by Crippen LogP contribution is -2.56. The Bertz CT molecular complexity index is 1650. The van der Waals surface area contributed by atoms with Gasteiger partial charge in [-0.3, -0.25) is 9.69 Å². The van der Waals surface area contributed by atoms with Crippen molar-refractivity contribution in [2.45, 2.75) is 45.6 Å². The van der Waals surface area contributed by atoms with E-state index in [9.17, 15) is 19.1 Å². The summed E-state index contributed by atoms with van der Waals surface area (Å²) >= 11 is 0. The number of para-hydroxylation sites is 1. The molecule has 1 atom stereocenters. The minimum absolute atomic E-state index is 0.149. The molecule has 7 nitrogen and oxygen atoms in total. The maximum atomic E-state index is 13.3. The first-order valence-corrected chi connectivity index (χ1v) is 13.7. The van der Waals surface area contributed by atoms with Crippen LogP contribution in [0.25, 0.3) is 17.0 Å². The summed E-state index contributed by atoms with van der Waals surface area (Å²) in [6.45, 7) is 6.66. The monoisotopic (exact) mass is 554 g/mol. The quantitative estimate of drug-likeness (QED) is 0.146. The smallest absolute Gasteiger partial charge is 0.408 e. The van der Waals surface area contributed by atoms with Gasteiger partial charge < -0.3 is 21.1 Å². The molecule has 212 valence electrons. The van der Waals surface area contributed by atoms with Crippen LogP contribution in [0.2, 0.25) is 0 Å². The summed E-state index contributed by atoms with van der Waals surface area (Å²) in [4.78, 5) is 30.3. The molecular weight excluding hydrogens is 519 g/mol. The summed E-state index contributed by atoms with van der Waals surface area (Å²) in [6, 6.07) is 17.8. The third kappa shape index (κ3) is 5.29. The lowest BCUT2D eigenvalue weighted by molar-refractivity contribution is -0.111. The van der Waals surface area contributed by atoms with Crippen LogP contribution in [-0.2, 0) is 23.2 Å². The molecule has 0 bridgehead atoms. The number of hydrogen-bond donors (Lipinski definition) is 4. The van der Waals surface area contributed by atoms with E-state index in [2.05, 4.69) is 37.1 Å². The summed E-state index contributed by atoms with van der Waals surface area (Å²) in [5, 5.41) is 14.3. The highest BCUT2D eigenvalue weighted by atomic mass is 19.1. The molecule has 0 aliphatic heterocycles. The first kappa shape index (κ1) is 28.0. The van der Waals surface area contributed by atoms with E-state index in [4.69, 9.17) is 5.73 Å². The van der Waals surface area contributed by atoms with Gasteiger partial charge in [-0.15, -0.1) is 0 Å². The summed E-state index contributed by atoms with van der Waals surface area (Å²) in [5.74, 6) is -0.859. The van der Waals surface area contributed by atoms with Gasteiger partial charge in [0.1, 0.15) is 5.82 Å². The average molecular weight is 555 g/mol. The molecule has 41 heavy (non-hydrogen) atoms. The first-order valence-electron chi connectivity index (χ1n) is 13.7. The van der Waals surface area contributed by atoms with Crippen LogP contribution >= 0.6 is 0 Å². The molecule has 2 amide bonds. The third-order valence-electron chi connectivity index (χ3n) is 8.24. The molecule has 0 saturated heterocycles. The second-order valence-electron chi connectivity index (χ2n) is 11.6. The third-order valence-corrected chi connectivity index (χ3v) is 8.24. The van der Waals surface area contributed by atoms with Gasteiger partial charge in [-0.2, -0.15) is 0 Å². The molecule has 0 saturated carbocycles. The van der Waals surface area contributed by atoms with Crippen LogP contribution < -0.4 is 11.1 Å². The number of aromatic nitrogens is 1. The number of carbonyl (C=O) groups excluding carboxylic acids is 1. The van der Waals surface area contributed by atoms with Crippen LogP contribution in [0.1, 0.15) is 49.4 Å². The standard InChI is InChI=1S/C33H35FN4O3/c1-32(2,3)33(38(31(40)41)17-15-23-20-36-28-7-5-4-6-25(23)28)16-14-22-18-21(8-11-26(22)33)9-13-30(39)37-29-12-10-24(34)19-27(29)35/h4-13,18-20,36H,14-17,35H2,1-3H3,(H,37,39)(H,40,41)/b13-9+. The molecule has 3 aromatic carbocycles. The van der Waals surface area contributed by atoms with Crippen molar-refractivity contribution in [3.63, 3.8) is 0 Å². The number of nitrogen functional groups attached to an aromatic ring is 1. The zero-order valence-corrected chi connectivity index (χ0v) is 23.5. The second kappa shape index (κ2) is 10.8. The van der Waals surface area contributed by atoms with E-state index in [1.165, 1.54) is 18.2 Å². The fourth-order valence-corrected chi connectivity index (χ4v) is 6.26. The Balaban J connectivity index is 1.40. The lowest BCUT2D eigenvalue weighted by atomic mass is 9.68. The van der Waals surface area contributed by atoms with Crippen molar-refractivity contribution in [3.05, 3.63) is 101 Å². The summed E-state index contributed by atoms with van der Waals surface area (Å²) in [6.07, 6.45) is 6.13. The number of halogens is 1. The Morgan fingerprint density at radius 1 is 1.15 bits per heavy atom. The number of nitrogens with one attached hydrogen (secondary N) is 2. The topological polar surface area (TPSA) is 111 Å². The Labute approximate surface area is 238 Å². The fraction of sp³-hybridized carbons (Fsp3) is 0.273. The number of anilines is 2.